The second-order valence-corrected chi connectivity index (χ2v) is 11.8. The van der Waals surface area contributed by atoms with Crippen LogP contribution in [0.5, 0.6) is 0 Å². The molecule has 2 aromatic carbocycles. The number of anilines is 1. The molecule has 0 aliphatic carbocycles. The van der Waals surface area contributed by atoms with Crippen molar-refractivity contribution in [2.45, 2.75) is 58.7 Å². The maximum atomic E-state index is 13.8. The Kier molecular flexibility index (Phi) is 7.31. The standard InChI is InChI=1S/C30H37N5O4/c1-20-7-5-8-21(17-20)18-33(19-32-13-15-34(16-14-32)30(2,3)4)23-10-6-9-22-26(23)29(39)35(28(22)38)24-11-12-25(36)31-27(24)37/h5-10,17,24H,11-16,18-19H2,1-4H3,(H,31,36,37). The number of fused-ring (bicyclic) bond motifs is 1. The first kappa shape index (κ1) is 27.0. The highest BCUT2D eigenvalue weighted by atomic mass is 16.2. The van der Waals surface area contributed by atoms with E-state index in [-0.39, 0.29) is 24.3 Å². The predicted molar refractivity (Wildman–Crippen MR) is 148 cm³/mol. The van der Waals surface area contributed by atoms with Gasteiger partial charge >= 0.3 is 0 Å². The summed E-state index contributed by atoms with van der Waals surface area (Å²) in [4.78, 5) is 59.6. The first-order chi connectivity index (χ1) is 18.5. The monoisotopic (exact) mass is 531 g/mol. The van der Waals surface area contributed by atoms with Crippen LogP contribution >= 0.6 is 0 Å². The van der Waals surface area contributed by atoms with Crippen LogP contribution in [0.1, 0.15) is 65.5 Å². The lowest BCUT2D eigenvalue weighted by molar-refractivity contribution is -0.136. The molecule has 2 saturated heterocycles. The van der Waals surface area contributed by atoms with Gasteiger partial charge in [-0.2, -0.15) is 0 Å². The highest BCUT2D eigenvalue weighted by Gasteiger charge is 2.46. The van der Waals surface area contributed by atoms with Crippen molar-refractivity contribution in [2.75, 3.05) is 37.7 Å². The van der Waals surface area contributed by atoms with Gasteiger partial charge in [0, 0.05) is 44.7 Å². The third-order valence-corrected chi connectivity index (χ3v) is 7.93. The third kappa shape index (κ3) is 5.46. The zero-order valence-electron chi connectivity index (χ0n) is 23.2. The Hall–Kier alpha value is -3.56. The van der Waals surface area contributed by atoms with Gasteiger partial charge < -0.3 is 4.90 Å². The first-order valence-corrected chi connectivity index (χ1v) is 13.7. The fraction of sp³-hybridized carbons (Fsp3) is 0.467. The van der Waals surface area contributed by atoms with Crippen LogP contribution < -0.4 is 10.2 Å². The number of hydrogen-bond acceptors (Lipinski definition) is 7. The number of piperazine rings is 1. The van der Waals surface area contributed by atoms with E-state index < -0.39 is 23.8 Å². The van der Waals surface area contributed by atoms with Crippen molar-refractivity contribution < 1.29 is 19.2 Å². The van der Waals surface area contributed by atoms with E-state index in [2.05, 4.69) is 65.9 Å². The number of amides is 4. The average molecular weight is 532 g/mol. The Morgan fingerprint density at radius 3 is 2.33 bits per heavy atom. The molecular weight excluding hydrogens is 494 g/mol. The Balaban J connectivity index is 1.46. The Morgan fingerprint density at radius 2 is 1.67 bits per heavy atom. The van der Waals surface area contributed by atoms with Crippen molar-refractivity contribution in [3.8, 4) is 0 Å². The third-order valence-electron chi connectivity index (χ3n) is 7.93. The van der Waals surface area contributed by atoms with Crippen molar-refractivity contribution in [3.05, 3.63) is 64.7 Å². The number of nitrogens with one attached hydrogen (secondary N) is 1. The number of carbonyl (C=O) groups is 4. The molecule has 206 valence electrons. The molecule has 1 unspecified atom stereocenters. The van der Waals surface area contributed by atoms with Gasteiger partial charge in [-0.05, 0) is 51.8 Å². The Bertz CT molecular complexity index is 1310. The summed E-state index contributed by atoms with van der Waals surface area (Å²) in [5, 5.41) is 2.27. The lowest BCUT2D eigenvalue weighted by Gasteiger charge is -2.43. The molecule has 2 fully saturated rings. The van der Waals surface area contributed by atoms with E-state index in [9.17, 15) is 19.2 Å². The van der Waals surface area contributed by atoms with E-state index in [0.29, 0.717) is 30.0 Å². The van der Waals surface area contributed by atoms with Gasteiger partial charge in [-0.1, -0.05) is 35.9 Å². The molecule has 0 saturated carbocycles. The van der Waals surface area contributed by atoms with E-state index >= 15 is 0 Å². The number of imide groups is 2. The lowest BCUT2D eigenvalue weighted by atomic mass is 10.0. The molecule has 5 rings (SSSR count). The first-order valence-electron chi connectivity index (χ1n) is 13.7. The maximum absolute atomic E-state index is 13.8. The molecule has 3 heterocycles. The summed E-state index contributed by atoms with van der Waals surface area (Å²) in [5.41, 5.74) is 3.68. The number of benzene rings is 2. The number of rotatable bonds is 6. The summed E-state index contributed by atoms with van der Waals surface area (Å²) < 4.78 is 0. The average Bonchev–Trinajstić information content (AvgIpc) is 3.13. The Morgan fingerprint density at radius 1 is 0.949 bits per heavy atom. The second kappa shape index (κ2) is 10.5. The molecule has 2 aromatic rings. The largest absolute Gasteiger partial charge is 0.354 e. The molecule has 39 heavy (non-hydrogen) atoms. The highest BCUT2D eigenvalue weighted by Crippen LogP contribution is 2.35. The van der Waals surface area contributed by atoms with Crippen LogP contribution in [0.15, 0.2) is 42.5 Å². The molecule has 9 heteroatoms. The fourth-order valence-electron chi connectivity index (χ4n) is 5.80. The molecule has 4 amide bonds. The normalized spacial score (nSPS) is 20.8. The van der Waals surface area contributed by atoms with Gasteiger partial charge in [-0.3, -0.25) is 39.2 Å². The minimum absolute atomic E-state index is 0.0939. The van der Waals surface area contributed by atoms with Crippen molar-refractivity contribution >= 4 is 29.3 Å². The fourth-order valence-corrected chi connectivity index (χ4v) is 5.80. The number of aryl methyl sites for hydroxylation is 1. The molecule has 0 bridgehead atoms. The summed E-state index contributed by atoms with van der Waals surface area (Å²) >= 11 is 0. The van der Waals surface area contributed by atoms with Crippen LogP contribution in [0.25, 0.3) is 0 Å². The van der Waals surface area contributed by atoms with E-state index in [1.54, 1.807) is 12.1 Å². The highest BCUT2D eigenvalue weighted by molar-refractivity contribution is 6.25. The van der Waals surface area contributed by atoms with Crippen LogP contribution in [0.2, 0.25) is 0 Å². The van der Waals surface area contributed by atoms with E-state index in [1.807, 2.05) is 12.1 Å². The van der Waals surface area contributed by atoms with Crippen LogP contribution in [-0.2, 0) is 16.1 Å². The number of hydrogen-bond donors (Lipinski definition) is 1. The zero-order chi connectivity index (χ0) is 27.9. The van der Waals surface area contributed by atoms with E-state index in [1.165, 1.54) is 0 Å². The van der Waals surface area contributed by atoms with Crippen molar-refractivity contribution in [2.24, 2.45) is 0 Å². The molecule has 3 aliphatic heterocycles. The molecule has 0 aromatic heterocycles. The molecule has 3 aliphatic rings. The van der Waals surface area contributed by atoms with Gasteiger partial charge in [0.25, 0.3) is 11.8 Å². The molecule has 0 spiro atoms. The quantitative estimate of drug-likeness (QED) is 0.573. The zero-order valence-corrected chi connectivity index (χ0v) is 23.2. The minimum atomic E-state index is -0.987. The van der Waals surface area contributed by atoms with Gasteiger partial charge in [0.2, 0.25) is 11.8 Å². The summed E-state index contributed by atoms with van der Waals surface area (Å²) in [7, 11) is 0. The smallest absolute Gasteiger partial charge is 0.264 e. The number of piperidine rings is 1. The second-order valence-electron chi connectivity index (χ2n) is 11.8. The van der Waals surface area contributed by atoms with E-state index in [0.717, 1.165) is 42.2 Å². The predicted octanol–water partition coefficient (Wildman–Crippen LogP) is 2.78. The molecule has 1 atom stereocenters. The van der Waals surface area contributed by atoms with Crippen molar-refractivity contribution in [1.82, 2.24) is 20.0 Å². The summed E-state index contributed by atoms with van der Waals surface area (Å²) in [6, 6.07) is 12.6. The van der Waals surface area contributed by atoms with Gasteiger partial charge in [0.15, 0.2) is 0 Å². The topological polar surface area (TPSA) is 93.3 Å². The number of carbonyl (C=O) groups excluding carboxylic acids is 4. The van der Waals surface area contributed by atoms with E-state index in [4.69, 9.17) is 0 Å². The maximum Gasteiger partial charge on any atom is 0.264 e. The van der Waals surface area contributed by atoms with Crippen molar-refractivity contribution in [1.29, 1.82) is 0 Å². The summed E-state index contributed by atoms with van der Waals surface area (Å²) in [6.07, 6.45) is 0.229. The van der Waals surface area contributed by atoms with Crippen LogP contribution in [0.3, 0.4) is 0 Å². The summed E-state index contributed by atoms with van der Waals surface area (Å²) in [6.45, 7) is 13.6. The molecule has 1 N–H and O–H groups in total. The van der Waals surface area contributed by atoms with Gasteiger partial charge in [-0.25, -0.2) is 0 Å². The number of nitrogens with zero attached hydrogens (tertiary/aromatic N) is 4. The van der Waals surface area contributed by atoms with Gasteiger partial charge in [0.05, 0.1) is 23.5 Å². The van der Waals surface area contributed by atoms with Crippen molar-refractivity contribution in [3.63, 3.8) is 0 Å². The van der Waals surface area contributed by atoms with Crippen LogP contribution in [0, 0.1) is 6.92 Å². The summed E-state index contributed by atoms with van der Waals surface area (Å²) in [5.74, 6) is -1.95. The lowest BCUT2D eigenvalue weighted by Crippen LogP contribution is -2.55. The molecule has 0 radical (unpaired) electrons. The van der Waals surface area contributed by atoms with Gasteiger partial charge in [0.1, 0.15) is 6.04 Å². The SMILES string of the molecule is Cc1cccc(CN(CN2CCN(C(C)(C)C)CC2)c2cccc3c2C(=O)N(C2CCC(=O)NC2=O)C3=O)c1. The minimum Gasteiger partial charge on any atom is -0.354 e. The van der Waals surface area contributed by atoms with Gasteiger partial charge in [-0.15, -0.1) is 0 Å². The Labute approximate surface area is 229 Å². The molecule has 9 nitrogen and oxygen atoms in total. The molecular formula is C30H37N5O4. The van der Waals surface area contributed by atoms with Crippen LogP contribution in [-0.4, -0.2) is 82.8 Å². The van der Waals surface area contributed by atoms with Crippen LogP contribution in [0.4, 0.5) is 5.69 Å².